The van der Waals surface area contributed by atoms with E-state index in [0.29, 0.717) is 10.6 Å². The Morgan fingerprint density at radius 1 is 0.933 bits per heavy atom. The number of hydrogen-bond donors (Lipinski definition) is 0. The van der Waals surface area contributed by atoms with Gasteiger partial charge in [0.1, 0.15) is 4.90 Å². The molecule has 0 aliphatic carbocycles. The van der Waals surface area contributed by atoms with Crippen LogP contribution in [-0.4, -0.2) is 21.7 Å². The van der Waals surface area contributed by atoms with Gasteiger partial charge in [-0.2, -0.15) is 8.42 Å². The molecule has 8 heteroatoms. The van der Waals surface area contributed by atoms with Crippen LogP contribution in [0.2, 0.25) is 10.0 Å². The van der Waals surface area contributed by atoms with Gasteiger partial charge in [-0.25, -0.2) is 0 Å². The van der Waals surface area contributed by atoms with Gasteiger partial charge >= 0.3 is 10.1 Å². The average molecular weight is 464 g/mol. The summed E-state index contributed by atoms with van der Waals surface area (Å²) in [5.41, 5.74) is 3.74. The molecule has 0 unspecified atom stereocenters. The zero-order chi connectivity index (χ0) is 21.9. The van der Waals surface area contributed by atoms with Gasteiger partial charge in [0, 0.05) is 11.2 Å². The smallest absolute Gasteiger partial charge is 0.339 e. The SMILES string of the molecule is COc1cc(C=Nc2ccc(C)c(C)c2)cc(Cl)c1OS(=O)(=O)c1ccc(Cl)cc1. The Kier molecular flexibility index (Phi) is 6.71. The summed E-state index contributed by atoms with van der Waals surface area (Å²) in [6.07, 6.45) is 1.62. The van der Waals surface area contributed by atoms with E-state index in [9.17, 15) is 8.42 Å². The third kappa shape index (κ3) is 5.14. The van der Waals surface area contributed by atoms with Gasteiger partial charge < -0.3 is 8.92 Å². The van der Waals surface area contributed by atoms with Crippen LogP contribution in [0.1, 0.15) is 16.7 Å². The molecule has 3 rings (SSSR count). The summed E-state index contributed by atoms with van der Waals surface area (Å²) in [6, 6.07) is 14.7. The lowest BCUT2D eigenvalue weighted by Gasteiger charge is -2.13. The highest BCUT2D eigenvalue weighted by Gasteiger charge is 2.22. The molecule has 0 aromatic heterocycles. The van der Waals surface area contributed by atoms with Crippen LogP contribution in [0.15, 0.2) is 64.5 Å². The Bertz CT molecular complexity index is 1210. The van der Waals surface area contributed by atoms with Crippen molar-refractivity contribution in [3.8, 4) is 11.5 Å². The minimum absolute atomic E-state index is 0.0506. The van der Waals surface area contributed by atoms with E-state index in [4.69, 9.17) is 32.1 Å². The molecular formula is C22H19Cl2NO4S. The highest BCUT2D eigenvalue weighted by Crippen LogP contribution is 2.38. The second kappa shape index (κ2) is 9.08. The lowest BCUT2D eigenvalue weighted by molar-refractivity contribution is 0.390. The Hall–Kier alpha value is -2.54. The number of ether oxygens (including phenoxy) is 1. The summed E-state index contributed by atoms with van der Waals surface area (Å²) < 4.78 is 35.7. The van der Waals surface area contributed by atoms with E-state index in [1.165, 1.54) is 36.9 Å². The van der Waals surface area contributed by atoms with E-state index < -0.39 is 10.1 Å². The number of halogens is 2. The van der Waals surface area contributed by atoms with Gasteiger partial charge in [0.05, 0.1) is 17.8 Å². The van der Waals surface area contributed by atoms with Gasteiger partial charge in [-0.1, -0.05) is 29.3 Å². The first kappa shape index (κ1) is 22.2. The van der Waals surface area contributed by atoms with Crippen molar-refractivity contribution < 1.29 is 17.3 Å². The maximum Gasteiger partial charge on any atom is 0.339 e. The highest BCUT2D eigenvalue weighted by molar-refractivity contribution is 7.87. The van der Waals surface area contributed by atoms with E-state index in [1.807, 2.05) is 32.0 Å². The predicted molar refractivity (Wildman–Crippen MR) is 120 cm³/mol. The van der Waals surface area contributed by atoms with Crippen LogP contribution in [0.3, 0.4) is 0 Å². The summed E-state index contributed by atoms with van der Waals surface area (Å²) in [7, 11) is -2.72. The normalized spacial score (nSPS) is 11.6. The minimum atomic E-state index is -4.12. The van der Waals surface area contributed by atoms with Crippen LogP contribution in [0, 0.1) is 13.8 Å². The van der Waals surface area contributed by atoms with E-state index in [2.05, 4.69) is 4.99 Å². The number of hydrogen-bond acceptors (Lipinski definition) is 5. The number of methoxy groups -OCH3 is 1. The summed E-state index contributed by atoms with van der Waals surface area (Å²) in [5.74, 6) is 0.0685. The fourth-order valence-corrected chi connectivity index (χ4v) is 4.00. The molecule has 0 radical (unpaired) electrons. The molecule has 3 aromatic rings. The molecule has 0 aliphatic rings. The van der Waals surface area contributed by atoms with Crippen molar-refractivity contribution in [3.05, 3.63) is 81.3 Å². The fraction of sp³-hybridized carbons (Fsp3) is 0.136. The Morgan fingerprint density at radius 2 is 1.63 bits per heavy atom. The molecule has 0 N–H and O–H groups in total. The highest BCUT2D eigenvalue weighted by atomic mass is 35.5. The maximum absolute atomic E-state index is 12.6. The van der Waals surface area contributed by atoms with E-state index in [0.717, 1.165) is 11.3 Å². The van der Waals surface area contributed by atoms with Crippen molar-refractivity contribution in [2.75, 3.05) is 7.11 Å². The first-order valence-corrected chi connectivity index (χ1v) is 11.0. The Labute approximate surface area is 186 Å². The molecule has 0 aliphatic heterocycles. The van der Waals surface area contributed by atoms with Crippen molar-refractivity contribution in [2.24, 2.45) is 4.99 Å². The Morgan fingerprint density at radius 3 is 2.27 bits per heavy atom. The van der Waals surface area contributed by atoms with E-state index in [-0.39, 0.29) is 21.4 Å². The number of benzene rings is 3. The Balaban J connectivity index is 1.91. The molecule has 156 valence electrons. The molecular weight excluding hydrogens is 445 g/mol. The molecule has 3 aromatic carbocycles. The zero-order valence-electron chi connectivity index (χ0n) is 16.5. The first-order valence-electron chi connectivity index (χ1n) is 8.88. The molecule has 0 fully saturated rings. The van der Waals surface area contributed by atoms with Gasteiger partial charge in [0.2, 0.25) is 5.75 Å². The predicted octanol–water partition coefficient (Wildman–Crippen LogP) is 6.14. The molecule has 0 saturated carbocycles. The number of nitrogens with zero attached hydrogens (tertiary/aromatic N) is 1. The number of rotatable bonds is 6. The van der Waals surface area contributed by atoms with Crippen molar-refractivity contribution in [1.82, 2.24) is 0 Å². The second-order valence-electron chi connectivity index (χ2n) is 6.55. The standard InChI is InChI=1S/C22H19Cl2NO4S/c1-14-4-7-18(10-15(14)2)25-13-16-11-20(24)22(21(12-16)28-3)29-30(26,27)19-8-5-17(23)6-9-19/h4-13H,1-3H3. The van der Waals surface area contributed by atoms with Crippen LogP contribution in [0.25, 0.3) is 0 Å². The van der Waals surface area contributed by atoms with Gasteiger partial charge in [-0.3, -0.25) is 4.99 Å². The fourth-order valence-electron chi connectivity index (χ4n) is 2.61. The lowest BCUT2D eigenvalue weighted by atomic mass is 10.1. The largest absolute Gasteiger partial charge is 0.493 e. The average Bonchev–Trinajstić information content (AvgIpc) is 2.70. The molecule has 0 bridgehead atoms. The minimum Gasteiger partial charge on any atom is -0.493 e. The van der Waals surface area contributed by atoms with Crippen molar-refractivity contribution >= 4 is 45.2 Å². The quantitative estimate of drug-likeness (QED) is 0.325. The summed E-state index contributed by atoms with van der Waals surface area (Å²) >= 11 is 12.1. The van der Waals surface area contributed by atoms with Gasteiger partial charge in [0.25, 0.3) is 0 Å². The first-order chi connectivity index (χ1) is 14.2. The monoisotopic (exact) mass is 463 g/mol. The van der Waals surface area contributed by atoms with Crippen LogP contribution in [0.4, 0.5) is 5.69 Å². The lowest BCUT2D eigenvalue weighted by Crippen LogP contribution is -2.11. The summed E-state index contributed by atoms with van der Waals surface area (Å²) in [4.78, 5) is 4.39. The molecule has 0 spiro atoms. The molecule has 30 heavy (non-hydrogen) atoms. The molecule has 0 amide bonds. The topological polar surface area (TPSA) is 65.0 Å². The van der Waals surface area contributed by atoms with E-state index in [1.54, 1.807) is 18.3 Å². The molecule has 5 nitrogen and oxygen atoms in total. The molecule has 0 saturated heterocycles. The van der Waals surface area contributed by atoms with Crippen LogP contribution >= 0.6 is 23.2 Å². The van der Waals surface area contributed by atoms with Crippen molar-refractivity contribution in [2.45, 2.75) is 18.7 Å². The van der Waals surface area contributed by atoms with Gasteiger partial charge in [-0.05, 0) is 79.1 Å². The van der Waals surface area contributed by atoms with Crippen molar-refractivity contribution in [1.29, 1.82) is 0 Å². The van der Waals surface area contributed by atoms with Crippen LogP contribution in [-0.2, 0) is 10.1 Å². The van der Waals surface area contributed by atoms with Crippen molar-refractivity contribution in [3.63, 3.8) is 0 Å². The summed E-state index contributed by atoms with van der Waals surface area (Å²) in [6.45, 7) is 4.05. The number of aryl methyl sites for hydroxylation is 2. The maximum atomic E-state index is 12.6. The number of aliphatic imine (C=N–C) groups is 1. The van der Waals surface area contributed by atoms with Gasteiger partial charge in [0.15, 0.2) is 5.75 Å². The van der Waals surface area contributed by atoms with Gasteiger partial charge in [-0.15, -0.1) is 0 Å². The zero-order valence-corrected chi connectivity index (χ0v) is 18.8. The summed E-state index contributed by atoms with van der Waals surface area (Å²) in [5, 5.41) is 0.491. The molecule has 0 heterocycles. The third-order valence-corrected chi connectivity index (χ3v) is 6.17. The molecule has 0 atom stereocenters. The van der Waals surface area contributed by atoms with Crippen LogP contribution in [0.5, 0.6) is 11.5 Å². The second-order valence-corrected chi connectivity index (χ2v) is 8.94. The van der Waals surface area contributed by atoms with Crippen LogP contribution < -0.4 is 8.92 Å². The third-order valence-electron chi connectivity index (χ3n) is 4.40. The van der Waals surface area contributed by atoms with E-state index >= 15 is 0 Å².